The normalized spacial score (nSPS) is 26.0. The summed E-state index contributed by atoms with van der Waals surface area (Å²) < 4.78 is 0. The molecule has 1 aliphatic carbocycles. The van der Waals surface area contributed by atoms with Crippen LogP contribution in [-0.2, 0) is 4.79 Å². The topological polar surface area (TPSA) is 56.7 Å². The largest absolute Gasteiger partial charge is 0.353 e. The van der Waals surface area contributed by atoms with E-state index in [0.29, 0.717) is 12.0 Å². The molecule has 0 aromatic heterocycles. The van der Waals surface area contributed by atoms with Crippen molar-refractivity contribution >= 4 is 11.9 Å². The molecule has 3 unspecified atom stereocenters. The third kappa shape index (κ3) is 4.53. The molecule has 25 heavy (non-hydrogen) atoms. The van der Waals surface area contributed by atoms with Gasteiger partial charge in [-0.15, -0.1) is 0 Å². The highest BCUT2D eigenvalue weighted by Gasteiger charge is 2.39. The van der Waals surface area contributed by atoms with Gasteiger partial charge in [0.05, 0.1) is 0 Å². The van der Waals surface area contributed by atoms with Crippen LogP contribution in [0.15, 0.2) is 35.3 Å². The number of guanidine groups is 1. The first-order valence-corrected chi connectivity index (χ1v) is 9.49. The van der Waals surface area contributed by atoms with Crippen molar-refractivity contribution < 1.29 is 4.79 Å². The van der Waals surface area contributed by atoms with Crippen molar-refractivity contribution in [3.8, 4) is 0 Å². The predicted octanol–water partition coefficient (Wildman–Crippen LogP) is 2.35. The van der Waals surface area contributed by atoms with Crippen LogP contribution in [0.4, 0.5) is 0 Å². The SMILES string of the molecule is CCN=C(NC1CCN(C(=O)C(C)C)C1)NC1CC1c1ccccc1. The van der Waals surface area contributed by atoms with E-state index in [2.05, 4.69) is 46.0 Å². The molecule has 0 spiro atoms. The fraction of sp³-hybridized carbons (Fsp3) is 0.600. The lowest BCUT2D eigenvalue weighted by molar-refractivity contribution is -0.133. The second kappa shape index (κ2) is 7.89. The van der Waals surface area contributed by atoms with Crippen LogP contribution in [0.25, 0.3) is 0 Å². The highest BCUT2D eigenvalue weighted by Crippen LogP contribution is 2.40. The molecular formula is C20H30N4O. The number of aliphatic imine (C=N–C) groups is 1. The molecular weight excluding hydrogens is 312 g/mol. The van der Waals surface area contributed by atoms with Crippen molar-refractivity contribution in [2.45, 2.75) is 51.6 Å². The van der Waals surface area contributed by atoms with Crippen LogP contribution in [0.3, 0.4) is 0 Å². The lowest BCUT2D eigenvalue weighted by atomic mass is 10.1. The van der Waals surface area contributed by atoms with Crippen LogP contribution in [-0.4, -0.2) is 48.5 Å². The number of amides is 1. The number of likely N-dealkylation sites (tertiary alicyclic amines) is 1. The Bertz CT molecular complexity index is 613. The third-order valence-electron chi connectivity index (χ3n) is 4.99. The number of rotatable bonds is 5. The Balaban J connectivity index is 1.52. The van der Waals surface area contributed by atoms with Crippen molar-refractivity contribution in [2.24, 2.45) is 10.9 Å². The van der Waals surface area contributed by atoms with E-state index in [9.17, 15) is 4.79 Å². The summed E-state index contributed by atoms with van der Waals surface area (Å²) in [5.74, 6) is 1.78. The first kappa shape index (κ1) is 17.8. The van der Waals surface area contributed by atoms with E-state index in [1.165, 1.54) is 5.56 Å². The molecule has 2 N–H and O–H groups in total. The molecule has 1 saturated carbocycles. The van der Waals surface area contributed by atoms with E-state index in [0.717, 1.165) is 38.4 Å². The van der Waals surface area contributed by atoms with Crippen LogP contribution in [0, 0.1) is 5.92 Å². The summed E-state index contributed by atoms with van der Waals surface area (Å²) in [5.41, 5.74) is 1.39. The second-order valence-corrected chi connectivity index (χ2v) is 7.40. The molecule has 1 aliphatic heterocycles. The zero-order chi connectivity index (χ0) is 17.8. The van der Waals surface area contributed by atoms with Crippen molar-refractivity contribution in [3.05, 3.63) is 35.9 Å². The van der Waals surface area contributed by atoms with Crippen molar-refractivity contribution in [2.75, 3.05) is 19.6 Å². The minimum absolute atomic E-state index is 0.0683. The number of hydrogen-bond donors (Lipinski definition) is 2. The molecule has 2 aliphatic rings. The predicted molar refractivity (Wildman–Crippen MR) is 102 cm³/mol. The Labute approximate surface area is 150 Å². The summed E-state index contributed by atoms with van der Waals surface area (Å²) in [5, 5.41) is 7.10. The van der Waals surface area contributed by atoms with E-state index in [1.807, 2.05) is 25.7 Å². The quantitative estimate of drug-likeness (QED) is 0.638. The smallest absolute Gasteiger partial charge is 0.225 e. The molecule has 5 nitrogen and oxygen atoms in total. The van der Waals surface area contributed by atoms with Gasteiger partial charge < -0.3 is 15.5 Å². The fourth-order valence-electron chi connectivity index (χ4n) is 3.53. The van der Waals surface area contributed by atoms with Crippen LogP contribution in [0.2, 0.25) is 0 Å². The number of carbonyl (C=O) groups excluding carboxylic acids is 1. The summed E-state index contributed by atoms with van der Waals surface area (Å²) in [6.45, 7) is 8.34. The van der Waals surface area contributed by atoms with Crippen LogP contribution in [0.5, 0.6) is 0 Å². The minimum atomic E-state index is 0.0683. The van der Waals surface area contributed by atoms with Crippen molar-refractivity contribution in [1.29, 1.82) is 0 Å². The second-order valence-electron chi connectivity index (χ2n) is 7.40. The average Bonchev–Trinajstić information content (AvgIpc) is 3.22. The number of hydrogen-bond acceptors (Lipinski definition) is 2. The lowest BCUT2D eigenvalue weighted by Crippen LogP contribution is -2.46. The average molecular weight is 342 g/mol. The molecule has 2 fully saturated rings. The standard InChI is InChI=1S/C20H30N4O/c1-4-21-20(22-16-10-11-24(13-16)19(25)14(2)3)23-18-12-17(18)15-8-6-5-7-9-15/h5-9,14,16-18H,4,10-13H2,1-3H3,(H2,21,22,23). The highest BCUT2D eigenvalue weighted by atomic mass is 16.2. The zero-order valence-electron chi connectivity index (χ0n) is 15.5. The lowest BCUT2D eigenvalue weighted by Gasteiger charge is -2.20. The van der Waals surface area contributed by atoms with E-state index < -0.39 is 0 Å². The van der Waals surface area contributed by atoms with Gasteiger partial charge in [0.2, 0.25) is 5.91 Å². The number of benzene rings is 1. The van der Waals surface area contributed by atoms with Gasteiger partial charge in [-0.25, -0.2) is 0 Å². The maximum atomic E-state index is 12.1. The van der Waals surface area contributed by atoms with Gasteiger partial charge in [0.25, 0.3) is 0 Å². The van der Waals surface area contributed by atoms with Gasteiger partial charge in [0, 0.05) is 43.6 Å². The van der Waals surface area contributed by atoms with Gasteiger partial charge in [0.15, 0.2) is 5.96 Å². The van der Waals surface area contributed by atoms with Crippen LogP contribution >= 0.6 is 0 Å². The molecule has 0 radical (unpaired) electrons. The summed E-state index contributed by atoms with van der Waals surface area (Å²) in [6, 6.07) is 11.4. The maximum absolute atomic E-state index is 12.1. The molecule has 1 aromatic carbocycles. The molecule has 3 atom stereocenters. The summed E-state index contributed by atoms with van der Waals surface area (Å²) in [6.07, 6.45) is 2.13. The summed E-state index contributed by atoms with van der Waals surface area (Å²) in [7, 11) is 0. The molecule has 0 bridgehead atoms. The molecule has 1 aromatic rings. The van der Waals surface area contributed by atoms with Gasteiger partial charge in [0.1, 0.15) is 0 Å². The monoisotopic (exact) mass is 342 g/mol. The zero-order valence-corrected chi connectivity index (χ0v) is 15.5. The molecule has 3 rings (SSSR count). The Morgan fingerprint density at radius 2 is 2.04 bits per heavy atom. The molecule has 5 heteroatoms. The molecule has 1 amide bonds. The third-order valence-corrected chi connectivity index (χ3v) is 4.99. The Morgan fingerprint density at radius 3 is 2.72 bits per heavy atom. The van der Waals surface area contributed by atoms with Gasteiger partial charge in [-0.2, -0.15) is 0 Å². The Hall–Kier alpha value is -2.04. The van der Waals surface area contributed by atoms with Gasteiger partial charge in [-0.1, -0.05) is 44.2 Å². The van der Waals surface area contributed by atoms with Gasteiger partial charge in [-0.3, -0.25) is 9.79 Å². The first-order valence-electron chi connectivity index (χ1n) is 9.49. The highest BCUT2D eigenvalue weighted by molar-refractivity contribution is 5.82. The Morgan fingerprint density at radius 1 is 1.28 bits per heavy atom. The minimum Gasteiger partial charge on any atom is -0.353 e. The number of carbonyl (C=O) groups is 1. The van der Waals surface area contributed by atoms with E-state index in [1.54, 1.807) is 0 Å². The summed E-state index contributed by atoms with van der Waals surface area (Å²) >= 11 is 0. The first-order chi connectivity index (χ1) is 12.1. The number of nitrogens with zero attached hydrogens (tertiary/aromatic N) is 2. The van der Waals surface area contributed by atoms with Gasteiger partial charge >= 0.3 is 0 Å². The van der Waals surface area contributed by atoms with Crippen LogP contribution < -0.4 is 10.6 Å². The fourth-order valence-corrected chi connectivity index (χ4v) is 3.53. The molecule has 1 heterocycles. The van der Waals surface area contributed by atoms with Crippen LogP contribution in [0.1, 0.15) is 45.1 Å². The van der Waals surface area contributed by atoms with Crippen molar-refractivity contribution in [3.63, 3.8) is 0 Å². The maximum Gasteiger partial charge on any atom is 0.225 e. The molecule has 136 valence electrons. The summed E-state index contributed by atoms with van der Waals surface area (Å²) in [4.78, 5) is 18.7. The van der Waals surface area contributed by atoms with Crippen molar-refractivity contribution in [1.82, 2.24) is 15.5 Å². The van der Waals surface area contributed by atoms with Gasteiger partial charge in [-0.05, 0) is 25.3 Å². The number of nitrogens with one attached hydrogen (secondary N) is 2. The molecule has 1 saturated heterocycles. The van der Waals surface area contributed by atoms with E-state index in [4.69, 9.17) is 0 Å². The Kier molecular flexibility index (Phi) is 5.61. The van der Waals surface area contributed by atoms with E-state index in [-0.39, 0.29) is 17.9 Å². The van der Waals surface area contributed by atoms with E-state index >= 15 is 0 Å².